The molecular weight excluding hydrogens is 387 g/mol. The molecule has 0 amide bonds. The van der Waals surface area contributed by atoms with Crippen LogP contribution < -0.4 is 4.74 Å². The number of benzene rings is 1. The van der Waals surface area contributed by atoms with Crippen molar-refractivity contribution in [3.63, 3.8) is 0 Å². The summed E-state index contributed by atoms with van der Waals surface area (Å²) in [5.74, 6) is 0.340. The molecular formula is C21H23FN6O2. The van der Waals surface area contributed by atoms with Crippen LogP contribution in [0.15, 0.2) is 42.7 Å². The van der Waals surface area contributed by atoms with Crippen molar-refractivity contribution in [2.24, 2.45) is 0 Å². The van der Waals surface area contributed by atoms with Gasteiger partial charge >= 0.3 is 0 Å². The van der Waals surface area contributed by atoms with Crippen LogP contribution in [0, 0.1) is 0 Å². The van der Waals surface area contributed by atoms with Crippen LogP contribution in [0.3, 0.4) is 0 Å². The molecule has 1 N–H and O–H groups in total. The van der Waals surface area contributed by atoms with E-state index in [9.17, 15) is 5.11 Å². The first kappa shape index (κ1) is 18.9. The van der Waals surface area contributed by atoms with Crippen LogP contribution in [0.2, 0.25) is 0 Å². The van der Waals surface area contributed by atoms with E-state index in [1.54, 1.807) is 47.4 Å². The summed E-state index contributed by atoms with van der Waals surface area (Å²) >= 11 is 0. The van der Waals surface area contributed by atoms with Gasteiger partial charge in [-0.1, -0.05) is 5.21 Å². The Bertz CT molecular complexity index is 1040. The van der Waals surface area contributed by atoms with Crippen molar-refractivity contribution in [3.05, 3.63) is 42.7 Å². The van der Waals surface area contributed by atoms with Gasteiger partial charge in [-0.05, 0) is 45.0 Å². The lowest BCUT2D eigenvalue weighted by Gasteiger charge is -2.45. The normalized spacial score (nSPS) is 28.6. The lowest BCUT2D eigenvalue weighted by molar-refractivity contribution is -0.0596. The van der Waals surface area contributed by atoms with Crippen LogP contribution in [0.5, 0.6) is 11.6 Å². The molecule has 2 aromatic heterocycles. The minimum Gasteiger partial charge on any atom is -0.507 e. The van der Waals surface area contributed by atoms with Gasteiger partial charge in [0.25, 0.3) is 0 Å². The molecule has 9 heteroatoms. The summed E-state index contributed by atoms with van der Waals surface area (Å²) < 4.78 is 22.6. The van der Waals surface area contributed by atoms with Crippen LogP contribution in [0.25, 0.3) is 16.9 Å². The van der Waals surface area contributed by atoms with Crippen molar-refractivity contribution in [1.29, 1.82) is 0 Å². The Balaban J connectivity index is 1.33. The largest absolute Gasteiger partial charge is 0.507 e. The lowest BCUT2D eigenvalue weighted by Crippen LogP contribution is -2.60. The molecule has 0 unspecified atom stereocenters. The average Bonchev–Trinajstić information content (AvgIpc) is 3.35. The van der Waals surface area contributed by atoms with Gasteiger partial charge in [-0.3, -0.25) is 4.90 Å². The fourth-order valence-corrected chi connectivity index (χ4v) is 4.66. The Morgan fingerprint density at radius 2 is 2.10 bits per heavy atom. The number of hydrogen-bond acceptors (Lipinski definition) is 7. The first-order valence-corrected chi connectivity index (χ1v) is 10.0. The summed E-state index contributed by atoms with van der Waals surface area (Å²) in [6.45, 7) is 1.97. The van der Waals surface area contributed by atoms with Crippen molar-refractivity contribution < 1.29 is 14.2 Å². The van der Waals surface area contributed by atoms with Gasteiger partial charge in [0.05, 0.1) is 29.3 Å². The Labute approximate surface area is 173 Å². The maximum absolute atomic E-state index is 15.2. The third kappa shape index (κ3) is 3.00. The highest BCUT2D eigenvalue weighted by atomic mass is 19.1. The van der Waals surface area contributed by atoms with E-state index in [2.05, 4.69) is 25.4 Å². The zero-order chi connectivity index (χ0) is 20.9. The van der Waals surface area contributed by atoms with Crippen molar-refractivity contribution in [3.8, 4) is 28.6 Å². The number of halogens is 1. The molecule has 2 saturated heterocycles. The second-order valence-electron chi connectivity index (χ2n) is 8.26. The number of aromatic nitrogens is 5. The number of phenols is 1. The Morgan fingerprint density at radius 1 is 1.23 bits per heavy atom. The van der Waals surface area contributed by atoms with Crippen molar-refractivity contribution in [2.45, 2.75) is 50.0 Å². The van der Waals surface area contributed by atoms with E-state index >= 15 is 4.39 Å². The Kier molecular flexibility index (Phi) is 4.43. The topological polar surface area (TPSA) is 89.2 Å². The van der Waals surface area contributed by atoms with Gasteiger partial charge in [-0.2, -0.15) is 0 Å². The number of alkyl halides is 1. The monoisotopic (exact) mass is 410 g/mol. The molecule has 2 aliphatic heterocycles. The second-order valence-corrected chi connectivity index (χ2v) is 8.26. The standard InChI is InChI=1S/C21H23FN6O2/c1-21-8-7-13(27(21)2)12-18(20(21)22)30-19-6-5-16(24-25-19)15-4-3-14(11-17(15)29)28-10-9-23-26-28/h3-6,9-11,13,18,20,29H,7-8,12H2,1-2H3/t13-,18-,20+,21+/m0/s1. The highest BCUT2D eigenvalue weighted by Crippen LogP contribution is 2.45. The SMILES string of the molecule is CN1[C@H]2CC[C@]1(C)[C@H](F)[C@@H](Oc1ccc(-c3ccc(-n4ccnn4)cc3O)nn1)C2. The van der Waals surface area contributed by atoms with Gasteiger partial charge in [0.1, 0.15) is 11.9 Å². The molecule has 2 aliphatic rings. The zero-order valence-electron chi connectivity index (χ0n) is 16.8. The summed E-state index contributed by atoms with van der Waals surface area (Å²) in [5.41, 5.74) is 1.22. The van der Waals surface area contributed by atoms with Crippen molar-refractivity contribution in [1.82, 2.24) is 30.1 Å². The second kappa shape index (κ2) is 7.02. The smallest absolute Gasteiger partial charge is 0.233 e. The summed E-state index contributed by atoms with van der Waals surface area (Å²) in [4.78, 5) is 2.15. The molecule has 2 fully saturated rings. The van der Waals surface area contributed by atoms with Gasteiger partial charge in [-0.15, -0.1) is 15.3 Å². The molecule has 0 saturated carbocycles. The molecule has 8 nitrogen and oxygen atoms in total. The molecule has 3 aromatic rings. The van der Waals surface area contributed by atoms with Gasteiger partial charge in [-0.25, -0.2) is 9.07 Å². The lowest BCUT2D eigenvalue weighted by atomic mass is 9.87. The van der Waals surface area contributed by atoms with Gasteiger partial charge in [0.15, 0.2) is 6.17 Å². The molecule has 2 bridgehead atoms. The molecule has 4 atom stereocenters. The molecule has 0 aliphatic carbocycles. The van der Waals surface area contributed by atoms with Crippen LogP contribution in [-0.4, -0.2) is 66.1 Å². The predicted octanol–water partition coefficient (Wildman–Crippen LogP) is 2.77. The Hall–Kier alpha value is -3.07. The van der Waals surface area contributed by atoms with Gasteiger partial charge in [0.2, 0.25) is 5.88 Å². The fraction of sp³-hybridized carbons (Fsp3) is 0.429. The summed E-state index contributed by atoms with van der Waals surface area (Å²) in [6.07, 6.45) is 4.10. The highest BCUT2D eigenvalue weighted by molar-refractivity contribution is 5.68. The zero-order valence-corrected chi connectivity index (χ0v) is 16.8. The third-order valence-corrected chi connectivity index (χ3v) is 6.62. The van der Waals surface area contributed by atoms with Crippen LogP contribution >= 0.6 is 0 Å². The van der Waals surface area contributed by atoms with E-state index in [4.69, 9.17) is 4.74 Å². The number of nitrogens with zero attached hydrogens (tertiary/aromatic N) is 6. The molecule has 156 valence electrons. The van der Waals surface area contributed by atoms with Crippen molar-refractivity contribution in [2.75, 3.05) is 7.05 Å². The van der Waals surface area contributed by atoms with Gasteiger partial charge < -0.3 is 9.84 Å². The minimum atomic E-state index is -1.09. The van der Waals surface area contributed by atoms with Crippen LogP contribution in [0.4, 0.5) is 4.39 Å². The quantitative estimate of drug-likeness (QED) is 0.707. The highest BCUT2D eigenvalue weighted by Gasteiger charge is 2.55. The number of ether oxygens (including phenoxy) is 1. The molecule has 1 aromatic carbocycles. The van der Waals surface area contributed by atoms with Crippen LogP contribution in [-0.2, 0) is 0 Å². The number of hydrogen-bond donors (Lipinski definition) is 1. The summed E-state index contributed by atoms with van der Waals surface area (Å²) in [6, 6.07) is 8.84. The van der Waals surface area contributed by atoms with E-state index < -0.39 is 17.8 Å². The summed E-state index contributed by atoms with van der Waals surface area (Å²) in [5, 5.41) is 26.4. The maximum atomic E-state index is 15.2. The average molecular weight is 410 g/mol. The first-order chi connectivity index (χ1) is 14.5. The van der Waals surface area contributed by atoms with Gasteiger partial charge in [0, 0.05) is 30.2 Å². The number of fused-ring (bicyclic) bond motifs is 2. The van der Waals surface area contributed by atoms with E-state index in [-0.39, 0.29) is 11.6 Å². The maximum Gasteiger partial charge on any atom is 0.233 e. The molecule has 0 radical (unpaired) electrons. The number of rotatable bonds is 4. The predicted molar refractivity (Wildman–Crippen MR) is 107 cm³/mol. The van der Waals surface area contributed by atoms with E-state index in [0.717, 1.165) is 12.8 Å². The fourth-order valence-electron chi connectivity index (χ4n) is 4.66. The molecule has 0 spiro atoms. The first-order valence-electron chi connectivity index (χ1n) is 10.0. The number of aromatic hydroxyl groups is 1. The minimum absolute atomic E-state index is 0.0506. The molecule has 5 rings (SSSR count). The number of piperidine rings is 1. The number of phenolic OH excluding ortho intramolecular Hbond substituents is 1. The van der Waals surface area contributed by atoms with E-state index in [1.807, 2.05) is 14.0 Å². The van der Waals surface area contributed by atoms with Crippen molar-refractivity contribution >= 4 is 0 Å². The molecule has 4 heterocycles. The van der Waals surface area contributed by atoms with E-state index in [1.165, 1.54) is 0 Å². The summed E-state index contributed by atoms with van der Waals surface area (Å²) in [7, 11) is 2.00. The van der Waals surface area contributed by atoms with E-state index in [0.29, 0.717) is 29.4 Å². The third-order valence-electron chi connectivity index (χ3n) is 6.62. The van der Waals surface area contributed by atoms with Crippen LogP contribution in [0.1, 0.15) is 26.2 Å². The molecule has 30 heavy (non-hydrogen) atoms. The Morgan fingerprint density at radius 3 is 2.80 bits per heavy atom.